The van der Waals surface area contributed by atoms with Gasteiger partial charge in [0.2, 0.25) is 0 Å². The molecule has 0 aliphatic heterocycles. The van der Waals surface area contributed by atoms with Gasteiger partial charge in [0.1, 0.15) is 5.75 Å². The molecule has 1 N–H and O–H groups in total. The number of alkyl halides is 3. The molecule has 0 aliphatic carbocycles. The smallest absolute Gasteiger partial charge is 0.494 e. The van der Waals surface area contributed by atoms with Crippen molar-refractivity contribution in [3.05, 3.63) is 24.3 Å². The molecule has 1 rings (SSSR count). The van der Waals surface area contributed by atoms with Crippen molar-refractivity contribution < 1.29 is 30.0 Å². The van der Waals surface area contributed by atoms with Gasteiger partial charge in [0.15, 0.2) is 0 Å². The van der Waals surface area contributed by atoms with Crippen LogP contribution in [0.2, 0.25) is 0 Å². The predicted octanol–water partition coefficient (Wildman–Crippen LogP) is 3.37. The fraction of sp³-hybridized carbons (Fsp3) is 0.455. The van der Waals surface area contributed by atoms with E-state index in [9.17, 15) is 21.6 Å². The zero-order chi connectivity index (χ0) is 15.6. The van der Waals surface area contributed by atoms with Crippen molar-refractivity contribution in [2.24, 2.45) is 0 Å². The maximum atomic E-state index is 12.4. The minimum atomic E-state index is -5.49. The molecule has 0 atom stereocenters. The molecule has 1 aromatic carbocycles. The number of hydrogen-bond acceptors (Lipinski definition) is 3. The van der Waals surface area contributed by atoms with E-state index in [2.05, 4.69) is 3.63 Å². The third-order valence-electron chi connectivity index (χ3n) is 2.29. The molecular weight excluding hydrogens is 317 g/mol. The topological polar surface area (TPSA) is 56.2 Å². The zero-order valence-electron chi connectivity index (χ0n) is 11.1. The molecule has 116 valence electrons. The lowest BCUT2D eigenvalue weighted by Crippen LogP contribution is -2.29. The minimum absolute atomic E-state index is 0.425. The van der Waals surface area contributed by atoms with Crippen molar-refractivity contribution in [3.63, 3.8) is 0 Å². The van der Waals surface area contributed by atoms with Gasteiger partial charge in [-0.3, -0.25) is 3.63 Å². The van der Waals surface area contributed by atoms with Crippen LogP contribution in [0.5, 0.6) is 5.75 Å². The maximum Gasteiger partial charge on any atom is 0.572 e. The molecular formula is C11H16F3O4S2+. The minimum Gasteiger partial charge on any atom is -0.494 e. The van der Waals surface area contributed by atoms with Gasteiger partial charge in [0.05, 0.1) is 11.5 Å². The number of halogens is 3. The first-order valence-electron chi connectivity index (χ1n) is 5.51. The Kier molecular flexibility index (Phi) is 4.99. The largest absolute Gasteiger partial charge is 0.572 e. The van der Waals surface area contributed by atoms with E-state index >= 15 is 0 Å². The summed E-state index contributed by atoms with van der Waals surface area (Å²) in [5.74, 6) is 0.560. The highest BCUT2D eigenvalue weighted by Crippen LogP contribution is 2.51. The van der Waals surface area contributed by atoms with Crippen molar-refractivity contribution in [2.75, 3.05) is 19.1 Å². The SMILES string of the molecule is CCOc1ccc(S(C)(C)[OH+]S(=O)(=O)C(F)(F)F)cc1. The molecule has 0 unspecified atom stereocenters. The maximum absolute atomic E-state index is 12.4. The highest BCUT2D eigenvalue weighted by atomic mass is 32.3. The quantitative estimate of drug-likeness (QED) is 0.472. The highest BCUT2D eigenvalue weighted by molar-refractivity contribution is 8.31. The zero-order valence-corrected chi connectivity index (χ0v) is 12.8. The third kappa shape index (κ3) is 4.03. The van der Waals surface area contributed by atoms with Gasteiger partial charge in [-0.15, -0.1) is 8.42 Å². The monoisotopic (exact) mass is 333 g/mol. The fourth-order valence-corrected chi connectivity index (χ4v) is 4.81. The Balaban J connectivity index is 2.99. The van der Waals surface area contributed by atoms with Gasteiger partial charge in [-0.05, 0) is 31.2 Å². The third-order valence-corrected chi connectivity index (χ3v) is 6.58. The summed E-state index contributed by atoms with van der Waals surface area (Å²) in [7, 11) is -7.96. The van der Waals surface area contributed by atoms with E-state index < -0.39 is 25.9 Å². The van der Waals surface area contributed by atoms with Gasteiger partial charge >= 0.3 is 15.6 Å². The highest BCUT2D eigenvalue weighted by Gasteiger charge is 2.55. The first-order valence-corrected chi connectivity index (χ1v) is 9.36. The average molecular weight is 333 g/mol. The van der Waals surface area contributed by atoms with Crippen LogP contribution in [0.3, 0.4) is 0 Å². The molecule has 0 heterocycles. The average Bonchev–Trinajstić information content (AvgIpc) is 2.27. The molecule has 9 heteroatoms. The lowest BCUT2D eigenvalue weighted by molar-refractivity contribution is -0.0539. The summed E-state index contributed by atoms with van der Waals surface area (Å²) in [5.41, 5.74) is -5.37. The molecule has 0 spiro atoms. The Morgan fingerprint density at radius 3 is 2.05 bits per heavy atom. The Labute approximate surface area is 117 Å². The number of ether oxygens (including phenoxy) is 1. The van der Waals surface area contributed by atoms with Gasteiger partial charge < -0.3 is 4.74 Å². The van der Waals surface area contributed by atoms with Crippen LogP contribution in [0.25, 0.3) is 0 Å². The summed E-state index contributed by atoms with van der Waals surface area (Å²) in [6, 6.07) is 6.19. The van der Waals surface area contributed by atoms with E-state index in [1.54, 1.807) is 19.1 Å². The summed E-state index contributed by atoms with van der Waals surface area (Å²) >= 11 is 0. The first-order chi connectivity index (χ1) is 8.99. The number of benzene rings is 1. The van der Waals surface area contributed by atoms with Crippen LogP contribution in [0.4, 0.5) is 13.2 Å². The Bertz CT molecular complexity index is 550. The number of rotatable bonds is 5. The molecule has 20 heavy (non-hydrogen) atoms. The summed E-state index contributed by atoms with van der Waals surface area (Å²) in [6.07, 6.45) is 2.76. The summed E-state index contributed by atoms with van der Waals surface area (Å²) in [4.78, 5) is 0.425. The molecule has 4 nitrogen and oxygen atoms in total. The Hall–Kier alpha value is -0.930. The molecule has 0 fully saturated rings. The van der Waals surface area contributed by atoms with Crippen molar-refractivity contribution in [2.45, 2.75) is 17.3 Å². The lowest BCUT2D eigenvalue weighted by Gasteiger charge is -2.25. The molecule has 0 radical (unpaired) electrons. The second-order valence-electron chi connectivity index (χ2n) is 4.17. The Morgan fingerprint density at radius 1 is 1.15 bits per heavy atom. The van der Waals surface area contributed by atoms with Gasteiger partial charge in [0, 0.05) is 22.8 Å². The standard InChI is InChI=1S/C11H15F3O4S2/c1-4-17-9-5-7-10(8-6-9)19(2,3)18-20(15,16)11(12,13)14/h5-8H,4H2,1-3H3/p+1. The van der Waals surface area contributed by atoms with Crippen LogP contribution >= 0.6 is 10.3 Å². The van der Waals surface area contributed by atoms with Gasteiger partial charge in [-0.1, -0.05) is 0 Å². The first kappa shape index (κ1) is 17.1. The van der Waals surface area contributed by atoms with Gasteiger partial charge in [-0.25, -0.2) is 0 Å². The van der Waals surface area contributed by atoms with Crippen LogP contribution in [-0.4, -0.2) is 36.7 Å². The van der Waals surface area contributed by atoms with Crippen LogP contribution in [-0.2, 0) is 10.1 Å². The van der Waals surface area contributed by atoms with Crippen molar-refractivity contribution >= 4 is 20.4 Å². The van der Waals surface area contributed by atoms with E-state index in [0.717, 1.165) is 0 Å². The predicted molar refractivity (Wildman–Crippen MR) is 72.9 cm³/mol. The van der Waals surface area contributed by atoms with Crippen molar-refractivity contribution in [1.29, 1.82) is 0 Å². The van der Waals surface area contributed by atoms with Crippen molar-refractivity contribution in [3.8, 4) is 5.75 Å². The van der Waals surface area contributed by atoms with Crippen LogP contribution in [0.15, 0.2) is 29.2 Å². The Morgan fingerprint density at radius 2 is 1.65 bits per heavy atom. The van der Waals surface area contributed by atoms with Crippen LogP contribution in [0, 0.1) is 0 Å². The molecule has 0 saturated heterocycles. The molecule has 0 aromatic heterocycles. The molecule has 0 bridgehead atoms. The second-order valence-corrected chi connectivity index (χ2v) is 9.20. The van der Waals surface area contributed by atoms with E-state index in [4.69, 9.17) is 4.74 Å². The number of hydrogen-bond donors (Lipinski definition) is 0. The van der Waals surface area contributed by atoms with E-state index in [-0.39, 0.29) is 0 Å². The van der Waals surface area contributed by atoms with Gasteiger partial charge in [-0.2, -0.15) is 13.2 Å². The lowest BCUT2D eigenvalue weighted by atomic mass is 10.3. The summed E-state index contributed by atoms with van der Waals surface area (Å²) < 4.78 is 67.6. The van der Waals surface area contributed by atoms with E-state index in [1.165, 1.54) is 24.6 Å². The fourth-order valence-electron chi connectivity index (χ4n) is 1.37. The molecule has 1 aromatic rings. The van der Waals surface area contributed by atoms with E-state index in [1.807, 2.05) is 0 Å². The second kappa shape index (κ2) is 5.82. The molecule has 0 amide bonds. The van der Waals surface area contributed by atoms with Gasteiger partial charge in [0.25, 0.3) is 0 Å². The van der Waals surface area contributed by atoms with Crippen LogP contribution in [0.1, 0.15) is 6.92 Å². The summed E-state index contributed by atoms with van der Waals surface area (Å²) in [6.45, 7) is 2.26. The normalized spacial score (nSPS) is 14.1. The van der Waals surface area contributed by atoms with Crippen LogP contribution < -0.4 is 4.74 Å². The summed E-state index contributed by atoms with van der Waals surface area (Å²) in [5, 5.41) is 0. The molecule has 0 aliphatic rings. The van der Waals surface area contributed by atoms with E-state index in [0.29, 0.717) is 17.3 Å². The van der Waals surface area contributed by atoms with Crippen molar-refractivity contribution in [1.82, 2.24) is 0 Å². The molecule has 0 saturated carbocycles.